The van der Waals surface area contributed by atoms with Gasteiger partial charge in [0.05, 0.1) is 13.2 Å². The standard InChI is InChI=1S/C15H22F3NO2/c1-4-20-13-7-6-11(10-14(13)21-5-2)12(19-3)8-9-15(16,17)18/h6-7,10,12,19H,4-5,8-9H2,1-3H3. The van der Waals surface area contributed by atoms with Crippen LogP contribution in [-0.4, -0.2) is 26.4 Å². The Morgan fingerprint density at radius 1 is 1.10 bits per heavy atom. The van der Waals surface area contributed by atoms with E-state index in [1.807, 2.05) is 13.8 Å². The average molecular weight is 305 g/mol. The highest BCUT2D eigenvalue weighted by atomic mass is 19.4. The SMILES string of the molecule is CCOc1ccc(C(CCC(F)(F)F)NC)cc1OCC. The van der Waals surface area contributed by atoms with Gasteiger partial charge in [0, 0.05) is 12.5 Å². The first-order valence-electron chi connectivity index (χ1n) is 7.04. The topological polar surface area (TPSA) is 30.5 Å². The normalized spacial score (nSPS) is 13.0. The Kier molecular flexibility index (Phi) is 6.81. The highest BCUT2D eigenvalue weighted by Gasteiger charge is 2.28. The van der Waals surface area contributed by atoms with Crippen LogP contribution >= 0.6 is 0 Å². The lowest BCUT2D eigenvalue weighted by Crippen LogP contribution is -2.19. The van der Waals surface area contributed by atoms with Crippen LogP contribution in [0.15, 0.2) is 18.2 Å². The molecule has 1 aromatic carbocycles. The number of hydrogen-bond donors (Lipinski definition) is 1. The van der Waals surface area contributed by atoms with Crippen molar-refractivity contribution in [2.45, 2.75) is 38.9 Å². The molecule has 1 unspecified atom stereocenters. The minimum atomic E-state index is -4.15. The molecular weight excluding hydrogens is 283 g/mol. The summed E-state index contributed by atoms with van der Waals surface area (Å²) in [5.74, 6) is 1.16. The lowest BCUT2D eigenvalue weighted by atomic mass is 10.0. The zero-order valence-electron chi connectivity index (χ0n) is 12.6. The van der Waals surface area contributed by atoms with E-state index >= 15 is 0 Å². The van der Waals surface area contributed by atoms with Gasteiger partial charge in [-0.25, -0.2) is 0 Å². The predicted molar refractivity (Wildman–Crippen MR) is 75.9 cm³/mol. The van der Waals surface area contributed by atoms with E-state index in [2.05, 4.69) is 5.32 Å². The Hall–Kier alpha value is -1.43. The quantitative estimate of drug-likeness (QED) is 0.785. The van der Waals surface area contributed by atoms with Crippen LogP contribution in [0.3, 0.4) is 0 Å². The molecule has 120 valence electrons. The summed E-state index contributed by atoms with van der Waals surface area (Å²) in [6.45, 7) is 4.68. The summed E-state index contributed by atoms with van der Waals surface area (Å²) in [5.41, 5.74) is 0.758. The van der Waals surface area contributed by atoms with Gasteiger partial charge < -0.3 is 14.8 Å². The molecule has 0 aliphatic rings. The van der Waals surface area contributed by atoms with Crippen LogP contribution in [-0.2, 0) is 0 Å². The molecule has 0 aromatic heterocycles. The molecule has 21 heavy (non-hydrogen) atoms. The second-order valence-electron chi connectivity index (χ2n) is 4.57. The fourth-order valence-electron chi connectivity index (χ4n) is 2.07. The summed E-state index contributed by atoms with van der Waals surface area (Å²) in [4.78, 5) is 0. The van der Waals surface area contributed by atoms with Gasteiger partial charge in [-0.2, -0.15) is 13.2 Å². The molecule has 6 heteroatoms. The highest BCUT2D eigenvalue weighted by Crippen LogP contribution is 2.33. The van der Waals surface area contributed by atoms with Gasteiger partial charge in [-0.1, -0.05) is 6.07 Å². The predicted octanol–water partition coefficient (Wildman–Crippen LogP) is 4.09. The lowest BCUT2D eigenvalue weighted by Gasteiger charge is -2.19. The van der Waals surface area contributed by atoms with Gasteiger partial charge in [-0.05, 0) is 45.0 Å². The fourth-order valence-corrected chi connectivity index (χ4v) is 2.07. The van der Waals surface area contributed by atoms with E-state index in [1.54, 1.807) is 25.2 Å². The fraction of sp³-hybridized carbons (Fsp3) is 0.600. The van der Waals surface area contributed by atoms with Gasteiger partial charge >= 0.3 is 6.18 Å². The minimum absolute atomic E-state index is 0.0143. The molecule has 1 N–H and O–H groups in total. The molecule has 1 rings (SSSR count). The van der Waals surface area contributed by atoms with Crippen LogP contribution in [0.25, 0.3) is 0 Å². The third-order valence-corrected chi connectivity index (χ3v) is 3.03. The Bertz CT molecular complexity index is 435. The van der Waals surface area contributed by atoms with Crippen LogP contribution in [0, 0.1) is 0 Å². The maximum absolute atomic E-state index is 12.4. The van der Waals surface area contributed by atoms with Crippen molar-refractivity contribution in [1.82, 2.24) is 5.32 Å². The van der Waals surface area contributed by atoms with Gasteiger partial charge in [0.25, 0.3) is 0 Å². The van der Waals surface area contributed by atoms with Crippen molar-refractivity contribution in [3.05, 3.63) is 23.8 Å². The number of rotatable bonds is 8. The number of halogens is 3. The molecule has 0 heterocycles. The molecular formula is C15H22F3NO2. The van der Waals surface area contributed by atoms with Crippen LogP contribution < -0.4 is 14.8 Å². The lowest BCUT2D eigenvalue weighted by molar-refractivity contribution is -0.136. The van der Waals surface area contributed by atoms with Crippen molar-refractivity contribution >= 4 is 0 Å². The van der Waals surface area contributed by atoms with Gasteiger partial charge in [0.2, 0.25) is 0 Å². The molecule has 0 fully saturated rings. The number of alkyl halides is 3. The summed E-state index contributed by atoms with van der Waals surface area (Å²) < 4.78 is 48.0. The number of benzene rings is 1. The average Bonchev–Trinajstić information content (AvgIpc) is 2.41. The Morgan fingerprint density at radius 2 is 1.71 bits per heavy atom. The molecule has 0 amide bonds. The first kappa shape index (κ1) is 17.6. The molecule has 0 saturated heterocycles. The summed E-state index contributed by atoms with van der Waals surface area (Å²) >= 11 is 0. The zero-order chi connectivity index (χ0) is 15.9. The molecule has 0 radical (unpaired) electrons. The first-order chi connectivity index (χ1) is 9.91. The smallest absolute Gasteiger partial charge is 0.389 e. The van der Waals surface area contributed by atoms with Crippen molar-refractivity contribution in [3.63, 3.8) is 0 Å². The number of nitrogens with one attached hydrogen (secondary N) is 1. The molecule has 1 aromatic rings. The first-order valence-corrected chi connectivity index (χ1v) is 7.04. The summed E-state index contributed by atoms with van der Waals surface area (Å²) in [5, 5.41) is 2.92. The highest BCUT2D eigenvalue weighted by molar-refractivity contribution is 5.44. The maximum atomic E-state index is 12.4. The van der Waals surface area contributed by atoms with E-state index in [0.717, 1.165) is 5.56 Å². The second-order valence-corrected chi connectivity index (χ2v) is 4.57. The van der Waals surface area contributed by atoms with Gasteiger partial charge in [0.15, 0.2) is 11.5 Å². The minimum Gasteiger partial charge on any atom is -0.490 e. The third kappa shape index (κ3) is 5.83. The van der Waals surface area contributed by atoms with Crippen molar-refractivity contribution in [2.75, 3.05) is 20.3 Å². The van der Waals surface area contributed by atoms with E-state index in [4.69, 9.17) is 9.47 Å². The van der Waals surface area contributed by atoms with E-state index in [9.17, 15) is 13.2 Å². The molecule has 0 aliphatic carbocycles. The van der Waals surface area contributed by atoms with Crippen molar-refractivity contribution in [3.8, 4) is 11.5 Å². The zero-order valence-corrected chi connectivity index (χ0v) is 12.6. The number of hydrogen-bond acceptors (Lipinski definition) is 3. The largest absolute Gasteiger partial charge is 0.490 e. The monoisotopic (exact) mass is 305 g/mol. The third-order valence-electron chi connectivity index (χ3n) is 3.03. The summed E-state index contributed by atoms with van der Waals surface area (Å²) in [7, 11) is 1.65. The van der Waals surface area contributed by atoms with Gasteiger partial charge in [-0.3, -0.25) is 0 Å². The van der Waals surface area contributed by atoms with E-state index in [1.165, 1.54) is 0 Å². The molecule has 0 bridgehead atoms. The van der Waals surface area contributed by atoms with E-state index < -0.39 is 12.6 Å². The second kappa shape index (κ2) is 8.12. The van der Waals surface area contributed by atoms with Crippen molar-refractivity contribution in [2.24, 2.45) is 0 Å². The van der Waals surface area contributed by atoms with Crippen LogP contribution in [0.4, 0.5) is 13.2 Å². The Morgan fingerprint density at radius 3 is 2.24 bits per heavy atom. The van der Waals surface area contributed by atoms with E-state index in [-0.39, 0.29) is 12.5 Å². The Labute approximate surface area is 123 Å². The molecule has 0 spiro atoms. The van der Waals surface area contributed by atoms with E-state index in [0.29, 0.717) is 24.7 Å². The molecule has 1 atom stereocenters. The summed E-state index contributed by atoms with van der Waals surface area (Å²) in [6, 6.07) is 4.88. The van der Waals surface area contributed by atoms with Crippen molar-refractivity contribution in [1.29, 1.82) is 0 Å². The number of ether oxygens (including phenoxy) is 2. The van der Waals surface area contributed by atoms with Crippen LogP contribution in [0.1, 0.15) is 38.3 Å². The Balaban J connectivity index is 2.91. The van der Waals surface area contributed by atoms with Crippen LogP contribution in [0.5, 0.6) is 11.5 Å². The maximum Gasteiger partial charge on any atom is 0.389 e. The van der Waals surface area contributed by atoms with Crippen molar-refractivity contribution < 1.29 is 22.6 Å². The molecule has 0 saturated carbocycles. The van der Waals surface area contributed by atoms with Gasteiger partial charge in [0.1, 0.15) is 0 Å². The summed E-state index contributed by atoms with van der Waals surface area (Å²) in [6.07, 6.45) is -4.99. The van der Waals surface area contributed by atoms with Gasteiger partial charge in [-0.15, -0.1) is 0 Å². The van der Waals surface area contributed by atoms with Crippen LogP contribution in [0.2, 0.25) is 0 Å². The molecule has 3 nitrogen and oxygen atoms in total. The molecule has 0 aliphatic heterocycles.